The highest BCUT2D eigenvalue weighted by Gasteiger charge is 2.06. The van der Waals surface area contributed by atoms with Crippen molar-refractivity contribution in [2.75, 3.05) is 0 Å². The van der Waals surface area contributed by atoms with E-state index in [9.17, 15) is 5.11 Å². The molecule has 2 nitrogen and oxygen atoms in total. The van der Waals surface area contributed by atoms with E-state index in [1.54, 1.807) is 11.3 Å². The molecule has 0 amide bonds. The Morgan fingerprint density at radius 3 is 2.84 bits per heavy atom. The van der Waals surface area contributed by atoms with E-state index >= 15 is 0 Å². The maximum absolute atomic E-state index is 10.1. The van der Waals surface area contributed by atoms with Gasteiger partial charge in [-0.1, -0.05) is 17.7 Å². The van der Waals surface area contributed by atoms with Gasteiger partial charge in [-0.15, -0.1) is 17.9 Å². The molecule has 0 aliphatic heterocycles. The average Bonchev–Trinajstić information content (AvgIpc) is 2.78. The number of aliphatic hydroxyl groups is 1. The van der Waals surface area contributed by atoms with Crippen molar-refractivity contribution in [3.8, 4) is 0 Å². The molecule has 0 aliphatic rings. The molecule has 1 rings (SSSR count). The Bertz CT molecular complexity index is 471. The highest BCUT2D eigenvalue weighted by Crippen LogP contribution is 2.16. The fraction of sp³-hybridized carbons (Fsp3) is 0.438. The second-order valence-electron chi connectivity index (χ2n) is 4.81. The topological polar surface area (TPSA) is 33.1 Å². The molecular weight excluding hydrogens is 254 g/mol. The number of rotatable bonds is 7. The molecule has 0 aliphatic carbocycles. The molecule has 1 aromatic heterocycles. The summed E-state index contributed by atoms with van der Waals surface area (Å²) in [5.74, 6) is 0. The molecule has 1 atom stereocenters. The summed E-state index contributed by atoms with van der Waals surface area (Å²) in [5.41, 5.74) is 3.20. The first kappa shape index (κ1) is 15.9. The van der Waals surface area contributed by atoms with Crippen LogP contribution in [-0.4, -0.2) is 16.2 Å². The number of allylic oxidation sites excluding steroid dienone is 2. The van der Waals surface area contributed by atoms with Crippen LogP contribution in [0.5, 0.6) is 0 Å². The zero-order valence-corrected chi connectivity index (χ0v) is 12.8. The first-order chi connectivity index (χ1) is 9.02. The van der Waals surface area contributed by atoms with Gasteiger partial charge in [0.1, 0.15) is 0 Å². The maximum Gasteiger partial charge on any atom is 0.0901 e. The monoisotopic (exact) mass is 277 g/mol. The highest BCUT2D eigenvalue weighted by molar-refractivity contribution is 7.09. The van der Waals surface area contributed by atoms with Crippen LogP contribution < -0.4 is 0 Å². The van der Waals surface area contributed by atoms with Crippen LogP contribution in [0.25, 0.3) is 6.08 Å². The van der Waals surface area contributed by atoms with Crippen LogP contribution in [0.2, 0.25) is 0 Å². The van der Waals surface area contributed by atoms with Crippen LogP contribution in [-0.2, 0) is 0 Å². The van der Waals surface area contributed by atoms with Crippen molar-refractivity contribution in [2.24, 2.45) is 0 Å². The summed E-state index contributed by atoms with van der Waals surface area (Å²) in [5, 5.41) is 13.2. The lowest BCUT2D eigenvalue weighted by Gasteiger charge is -2.09. The summed E-state index contributed by atoms with van der Waals surface area (Å²) in [4.78, 5) is 4.37. The van der Waals surface area contributed by atoms with Gasteiger partial charge < -0.3 is 5.11 Å². The summed E-state index contributed by atoms with van der Waals surface area (Å²) in [6.45, 7) is 9.75. The highest BCUT2D eigenvalue weighted by atomic mass is 32.1. The third-order valence-electron chi connectivity index (χ3n) is 2.97. The first-order valence-corrected chi connectivity index (χ1v) is 7.45. The van der Waals surface area contributed by atoms with Crippen molar-refractivity contribution in [3.63, 3.8) is 0 Å². The minimum Gasteiger partial charge on any atom is -0.388 e. The molecule has 0 aromatic carbocycles. The number of thiazole rings is 1. The standard InChI is InChI=1S/C16H23NOS/c1-5-6-7-12(2)8-9-16(18)13(3)10-15-11-19-14(4)17-15/h5,8,10-11,16,18H,1,6-7,9H2,2-4H3/t16-/m0/s1. The number of aryl methyl sites for hydroxylation is 1. The molecule has 104 valence electrons. The van der Waals surface area contributed by atoms with Gasteiger partial charge in [0.2, 0.25) is 0 Å². The van der Waals surface area contributed by atoms with Crippen LogP contribution in [0.4, 0.5) is 0 Å². The van der Waals surface area contributed by atoms with E-state index in [-0.39, 0.29) is 0 Å². The van der Waals surface area contributed by atoms with E-state index < -0.39 is 6.10 Å². The number of hydrogen-bond acceptors (Lipinski definition) is 3. The smallest absolute Gasteiger partial charge is 0.0901 e. The molecular formula is C16H23NOS. The minimum absolute atomic E-state index is 0.430. The van der Waals surface area contributed by atoms with E-state index in [1.807, 2.05) is 31.4 Å². The van der Waals surface area contributed by atoms with Crippen LogP contribution in [0.1, 0.15) is 43.8 Å². The largest absolute Gasteiger partial charge is 0.388 e. The quantitative estimate of drug-likeness (QED) is 0.743. The van der Waals surface area contributed by atoms with E-state index in [0.717, 1.165) is 29.1 Å². The van der Waals surface area contributed by atoms with Crippen molar-refractivity contribution >= 4 is 17.4 Å². The molecule has 19 heavy (non-hydrogen) atoms. The normalized spacial score (nSPS) is 14.5. The van der Waals surface area contributed by atoms with Gasteiger partial charge in [0.05, 0.1) is 16.8 Å². The Morgan fingerprint density at radius 2 is 2.26 bits per heavy atom. The molecule has 0 saturated heterocycles. The van der Waals surface area contributed by atoms with Gasteiger partial charge in [-0.05, 0) is 51.7 Å². The first-order valence-electron chi connectivity index (χ1n) is 6.58. The summed E-state index contributed by atoms with van der Waals surface area (Å²) in [6, 6.07) is 0. The zero-order chi connectivity index (χ0) is 14.3. The Morgan fingerprint density at radius 1 is 1.53 bits per heavy atom. The molecule has 3 heteroatoms. The molecule has 0 unspecified atom stereocenters. The lowest BCUT2D eigenvalue weighted by atomic mass is 10.0. The van der Waals surface area contributed by atoms with Crippen LogP contribution in [0, 0.1) is 6.92 Å². The fourth-order valence-corrected chi connectivity index (χ4v) is 2.28. The van der Waals surface area contributed by atoms with Gasteiger partial charge in [0.25, 0.3) is 0 Å². The lowest BCUT2D eigenvalue weighted by molar-refractivity contribution is 0.215. The van der Waals surface area contributed by atoms with Gasteiger partial charge in [-0.2, -0.15) is 0 Å². The third-order valence-corrected chi connectivity index (χ3v) is 3.76. The number of hydrogen-bond donors (Lipinski definition) is 1. The van der Waals surface area contributed by atoms with Crippen molar-refractivity contribution in [2.45, 2.75) is 46.1 Å². The van der Waals surface area contributed by atoms with Gasteiger partial charge in [0, 0.05) is 5.38 Å². The van der Waals surface area contributed by atoms with Crippen molar-refractivity contribution in [1.29, 1.82) is 0 Å². The fourth-order valence-electron chi connectivity index (χ4n) is 1.71. The second kappa shape index (κ2) is 8.08. The van der Waals surface area contributed by atoms with Gasteiger partial charge in [0.15, 0.2) is 0 Å². The molecule has 0 saturated carbocycles. The summed E-state index contributed by atoms with van der Waals surface area (Å²) < 4.78 is 0. The molecule has 0 radical (unpaired) electrons. The number of aromatic nitrogens is 1. The lowest BCUT2D eigenvalue weighted by Crippen LogP contribution is -2.06. The van der Waals surface area contributed by atoms with Crippen LogP contribution in [0.3, 0.4) is 0 Å². The van der Waals surface area contributed by atoms with Crippen LogP contribution in [0.15, 0.2) is 35.3 Å². The van der Waals surface area contributed by atoms with E-state index in [2.05, 4.69) is 24.6 Å². The van der Waals surface area contributed by atoms with Gasteiger partial charge in [-0.25, -0.2) is 4.98 Å². The molecule has 1 heterocycles. The molecule has 0 spiro atoms. The van der Waals surface area contributed by atoms with Crippen molar-refractivity contribution < 1.29 is 5.11 Å². The molecule has 1 aromatic rings. The predicted molar refractivity (Wildman–Crippen MR) is 84.3 cm³/mol. The number of nitrogens with zero attached hydrogens (tertiary/aromatic N) is 1. The number of aliphatic hydroxyl groups excluding tert-OH is 1. The van der Waals surface area contributed by atoms with E-state index in [4.69, 9.17) is 0 Å². The average molecular weight is 277 g/mol. The minimum atomic E-state index is -0.430. The van der Waals surface area contributed by atoms with E-state index in [0.29, 0.717) is 6.42 Å². The Kier molecular flexibility index (Phi) is 6.74. The van der Waals surface area contributed by atoms with Crippen molar-refractivity contribution in [3.05, 3.63) is 46.0 Å². The van der Waals surface area contributed by atoms with Gasteiger partial charge >= 0.3 is 0 Å². The maximum atomic E-state index is 10.1. The molecule has 0 bridgehead atoms. The summed E-state index contributed by atoms with van der Waals surface area (Å²) >= 11 is 1.63. The summed E-state index contributed by atoms with van der Waals surface area (Å²) in [7, 11) is 0. The molecule has 0 fully saturated rings. The zero-order valence-electron chi connectivity index (χ0n) is 12.0. The summed E-state index contributed by atoms with van der Waals surface area (Å²) in [6.07, 6.45) is 8.23. The van der Waals surface area contributed by atoms with Gasteiger partial charge in [-0.3, -0.25) is 0 Å². The second-order valence-corrected chi connectivity index (χ2v) is 5.87. The predicted octanol–water partition coefficient (Wildman–Crippen LogP) is 4.52. The Hall–Kier alpha value is -1.19. The Balaban J connectivity index is 2.55. The Labute approximate surface area is 120 Å². The van der Waals surface area contributed by atoms with Crippen LogP contribution >= 0.6 is 11.3 Å². The van der Waals surface area contributed by atoms with Crippen molar-refractivity contribution in [1.82, 2.24) is 4.98 Å². The SMILES string of the molecule is C=CCCC(C)=CC[C@H](O)C(C)=Cc1csc(C)n1. The molecule has 1 N–H and O–H groups in total. The third kappa shape index (κ3) is 5.99. The van der Waals surface area contributed by atoms with E-state index in [1.165, 1.54) is 5.57 Å².